The lowest BCUT2D eigenvalue weighted by molar-refractivity contribution is 0.127. The summed E-state index contributed by atoms with van der Waals surface area (Å²) in [7, 11) is 1.77. The highest BCUT2D eigenvalue weighted by Crippen LogP contribution is 2.31. The fraction of sp³-hybridized carbons (Fsp3) is 0.786. The van der Waals surface area contributed by atoms with Crippen molar-refractivity contribution in [2.45, 2.75) is 26.2 Å². The first-order chi connectivity index (χ1) is 9.26. The minimum atomic E-state index is 0. The third kappa shape index (κ3) is 6.90. The van der Waals surface area contributed by atoms with Crippen molar-refractivity contribution in [1.29, 1.82) is 0 Å². The number of guanidine groups is 1. The van der Waals surface area contributed by atoms with E-state index >= 15 is 0 Å². The molecule has 0 aromatic heterocycles. The van der Waals surface area contributed by atoms with Gasteiger partial charge in [0.2, 0.25) is 0 Å². The smallest absolute Gasteiger partial charge is 0.191 e. The number of allylic oxidation sites excluding steroid dienone is 1. The van der Waals surface area contributed by atoms with Gasteiger partial charge in [0.15, 0.2) is 5.96 Å². The third-order valence-corrected chi connectivity index (χ3v) is 3.52. The first-order valence-electron chi connectivity index (χ1n) is 7.00. The van der Waals surface area contributed by atoms with Gasteiger partial charge in [0, 0.05) is 38.8 Å². The Morgan fingerprint density at radius 2 is 2.25 bits per heavy atom. The molecular weight excluding hydrogens is 369 g/mol. The molecule has 1 atom stereocenters. The van der Waals surface area contributed by atoms with Crippen molar-refractivity contribution < 1.29 is 9.84 Å². The van der Waals surface area contributed by atoms with Gasteiger partial charge >= 0.3 is 0 Å². The zero-order valence-electron chi connectivity index (χ0n) is 12.5. The second-order valence-electron chi connectivity index (χ2n) is 4.99. The van der Waals surface area contributed by atoms with E-state index < -0.39 is 0 Å². The molecule has 1 heterocycles. The molecule has 0 aromatic carbocycles. The van der Waals surface area contributed by atoms with Crippen LogP contribution >= 0.6 is 24.0 Å². The van der Waals surface area contributed by atoms with Crippen LogP contribution in [0.2, 0.25) is 0 Å². The number of halogens is 1. The Kier molecular flexibility index (Phi) is 11.1. The van der Waals surface area contributed by atoms with Gasteiger partial charge in [-0.3, -0.25) is 4.99 Å². The topological polar surface area (TPSA) is 65.9 Å². The van der Waals surface area contributed by atoms with Gasteiger partial charge in [0.1, 0.15) is 0 Å². The molecule has 1 saturated heterocycles. The summed E-state index contributed by atoms with van der Waals surface area (Å²) in [4.78, 5) is 4.20. The summed E-state index contributed by atoms with van der Waals surface area (Å²) in [6.45, 7) is 5.39. The summed E-state index contributed by atoms with van der Waals surface area (Å²) in [6, 6.07) is 0. The zero-order chi connectivity index (χ0) is 14.0. The maximum atomic E-state index is 9.18. The normalized spacial score (nSPS) is 22.9. The van der Waals surface area contributed by atoms with Gasteiger partial charge in [0.25, 0.3) is 0 Å². The van der Waals surface area contributed by atoms with Crippen molar-refractivity contribution in [3.63, 3.8) is 0 Å². The lowest BCUT2D eigenvalue weighted by atomic mass is 9.84. The molecule has 0 aliphatic carbocycles. The van der Waals surface area contributed by atoms with Crippen LogP contribution in [-0.2, 0) is 4.74 Å². The third-order valence-electron chi connectivity index (χ3n) is 3.52. The predicted octanol–water partition coefficient (Wildman–Crippen LogP) is 1.52. The van der Waals surface area contributed by atoms with Crippen LogP contribution in [0.3, 0.4) is 0 Å². The molecule has 1 aliphatic rings. The van der Waals surface area contributed by atoms with Crippen molar-refractivity contribution in [1.82, 2.24) is 10.6 Å². The Hall–Kier alpha value is -0.340. The number of nitrogens with zero attached hydrogens (tertiary/aromatic N) is 1. The van der Waals surface area contributed by atoms with Crippen molar-refractivity contribution in [3.8, 4) is 0 Å². The van der Waals surface area contributed by atoms with E-state index in [0.29, 0.717) is 0 Å². The summed E-state index contributed by atoms with van der Waals surface area (Å²) >= 11 is 0. The van der Waals surface area contributed by atoms with Gasteiger partial charge in [-0.1, -0.05) is 12.2 Å². The standard InChI is InChI=1S/C14H27N3O2.HI/c1-3-4-5-8-16-13(15-2)17-11-14(6-9-18)7-10-19-12-14;/h3-4,18H,5-12H2,1-2H3,(H2,15,16,17);1H/b4-3+;. The summed E-state index contributed by atoms with van der Waals surface area (Å²) in [5.74, 6) is 0.814. The Balaban J connectivity index is 0.00000361. The molecule has 0 bridgehead atoms. The monoisotopic (exact) mass is 397 g/mol. The van der Waals surface area contributed by atoms with Crippen LogP contribution in [0.4, 0.5) is 0 Å². The van der Waals surface area contributed by atoms with Crippen molar-refractivity contribution in [2.75, 3.05) is 40.0 Å². The largest absolute Gasteiger partial charge is 0.396 e. The maximum Gasteiger partial charge on any atom is 0.191 e. The molecule has 1 rings (SSSR count). The molecule has 3 N–H and O–H groups in total. The number of hydrogen-bond donors (Lipinski definition) is 3. The molecule has 5 nitrogen and oxygen atoms in total. The van der Waals surface area contributed by atoms with E-state index in [0.717, 1.165) is 51.5 Å². The number of rotatable bonds is 7. The quantitative estimate of drug-likeness (QED) is 0.200. The first kappa shape index (κ1) is 19.7. The van der Waals surface area contributed by atoms with E-state index in [2.05, 4.69) is 21.7 Å². The second kappa shape index (κ2) is 11.3. The van der Waals surface area contributed by atoms with Gasteiger partial charge in [0.05, 0.1) is 6.61 Å². The molecule has 6 heteroatoms. The Labute approximate surface area is 139 Å². The van der Waals surface area contributed by atoms with Crippen molar-refractivity contribution in [3.05, 3.63) is 12.2 Å². The van der Waals surface area contributed by atoms with Gasteiger partial charge in [-0.25, -0.2) is 0 Å². The van der Waals surface area contributed by atoms with Crippen molar-refractivity contribution >= 4 is 29.9 Å². The summed E-state index contributed by atoms with van der Waals surface area (Å²) in [6.07, 6.45) is 6.93. The van der Waals surface area contributed by atoms with Gasteiger partial charge in [-0.15, -0.1) is 24.0 Å². The maximum absolute atomic E-state index is 9.18. The highest BCUT2D eigenvalue weighted by molar-refractivity contribution is 14.0. The average Bonchev–Trinajstić information content (AvgIpc) is 2.87. The Morgan fingerprint density at radius 1 is 1.45 bits per heavy atom. The predicted molar refractivity (Wildman–Crippen MR) is 93.8 cm³/mol. The lowest BCUT2D eigenvalue weighted by Gasteiger charge is -2.27. The van der Waals surface area contributed by atoms with Gasteiger partial charge < -0.3 is 20.5 Å². The van der Waals surface area contributed by atoms with E-state index in [-0.39, 0.29) is 36.0 Å². The van der Waals surface area contributed by atoms with E-state index in [4.69, 9.17) is 4.74 Å². The number of nitrogens with one attached hydrogen (secondary N) is 2. The zero-order valence-corrected chi connectivity index (χ0v) is 14.9. The molecule has 0 aromatic rings. The number of aliphatic imine (C=N–C) groups is 1. The number of aliphatic hydroxyl groups is 1. The molecule has 118 valence electrons. The minimum Gasteiger partial charge on any atom is -0.396 e. The van der Waals surface area contributed by atoms with Crippen LogP contribution in [0.5, 0.6) is 0 Å². The fourth-order valence-corrected chi connectivity index (χ4v) is 2.24. The van der Waals surface area contributed by atoms with Gasteiger partial charge in [-0.2, -0.15) is 0 Å². The van der Waals surface area contributed by atoms with E-state index in [9.17, 15) is 5.11 Å². The van der Waals surface area contributed by atoms with Crippen LogP contribution < -0.4 is 10.6 Å². The van der Waals surface area contributed by atoms with Crippen LogP contribution in [0, 0.1) is 5.41 Å². The SMILES string of the molecule is C/C=C/CCNC(=NC)NCC1(CCO)CCOC1.I. The van der Waals surface area contributed by atoms with E-state index in [1.54, 1.807) is 7.05 Å². The van der Waals surface area contributed by atoms with Crippen LogP contribution in [0.25, 0.3) is 0 Å². The van der Waals surface area contributed by atoms with Crippen LogP contribution in [0.15, 0.2) is 17.1 Å². The van der Waals surface area contributed by atoms with E-state index in [1.165, 1.54) is 0 Å². The fourth-order valence-electron chi connectivity index (χ4n) is 2.24. The highest BCUT2D eigenvalue weighted by Gasteiger charge is 2.34. The molecule has 0 spiro atoms. The van der Waals surface area contributed by atoms with Crippen LogP contribution in [-0.4, -0.2) is 51.0 Å². The van der Waals surface area contributed by atoms with Crippen LogP contribution in [0.1, 0.15) is 26.2 Å². The molecule has 0 amide bonds. The Morgan fingerprint density at radius 3 is 2.80 bits per heavy atom. The number of aliphatic hydroxyl groups excluding tert-OH is 1. The molecule has 1 unspecified atom stereocenters. The molecule has 1 fully saturated rings. The molecule has 0 radical (unpaired) electrons. The average molecular weight is 397 g/mol. The molecule has 1 aliphatic heterocycles. The molecular formula is C14H28IN3O2. The summed E-state index contributed by atoms with van der Waals surface area (Å²) in [5, 5.41) is 15.8. The minimum absolute atomic E-state index is 0. The van der Waals surface area contributed by atoms with Gasteiger partial charge in [-0.05, 0) is 26.2 Å². The summed E-state index contributed by atoms with van der Waals surface area (Å²) in [5.41, 5.74) is 0.0513. The first-order valence-corrected chi connectivity index (χ1v) is 7.00. The molecule has 0 saturated carbocycles. The summed E-state index contributed by atoms with van der Waals surface area (Å²) < 4.78 is 5.47. The lowest BCUT2D eigenvalue weighted by Crippen LogP contribution is -2.44. The second-order valence-corrected chi connectivity index (χ2v) is 4.99. The molecule has 20 heavy (non-hydrogen) atoms. The number of ether oxygens (including phenoxy) is 1. The Bertz CT molecular complexity index is 303. The number of hydrogen-bond acceptors (Lipinski definition) is 3. The van der Waals surface area contributed by atoms with Crippen molar-refractivity contribution in [2.24, 2.45) is 10.4 Å². The highest BCUT2D eigenvalue weighted by atomic mass is 127. The van der Waals surface area contributed by atoms with E-state index in [1.807, 2.05) is 13.0 Å².